The molecule has 0 unspecified atom stereocenters. The lowest BCUT2D eigenvalue weighted by Gasteiger charge is -2.16. The van der Waals surface area contributed by atoms with Gasteiger partial charge in [-0.3, -0.25) is 9.69 Å². The molecule has 0 bridgehead atoms. The third kappa shape index (κ3) is 3.90. The maximum absolute atomic E-state index is 12.8. The second-order valence-corrected chi connectivity index (χ2v) is 8.71. The highest BCUT2D eigenvalue weighted by Gasteiger charge is 2.46. The Balaban J connectivity index is 1.41. The van der Waals surface area contributed by atoms with Crippen LogP contribution in [0.15, 0.2) is 24.3 Å². The molecule has 2 saturated heterocycles. The molecule has 0 radical (unpaired) electrons. The van der Waals surface area contributed by atoms with E-state index in [2.05, 4.69) is 5.32 Å². The Hall–Kier alpha value is -1.47. The molecule has 1 aromatic rings. The van der Waals surface area contributed by atoms with Crippen molar-refractivity contribution in [2.45, 2.75) is 18.1 Å². The number of sulfone groups is 1. The summed E-state index contributed by atoms with van der Waals surface area (Å²) in [5.41, 5.74) is 0.966. The van der Waals surface area contributed by atoms with Gasteiger partial charge in [0.1, 0.15) is 5.82 Å². The number of hydrogen-bond acceptors (Lipinski definition) is 4. The van der Waals surface area contributed by atoms with Crippen LogP contribution in [-0.2, 0) is 21.1 Å². The fourth-order valence-electron chi connectivity index (χ4n) is 3.46. The first-order valence-electron chi connectivity index (χ1n) is 7.89. The van der Waals surface area contributed by atoms with Crippen molar-refractivity contribution in [1.29, 1.82) is 0 Å². The highest BCUT2D eigenvalue weighted by atomic mass is 32.2. The predicted molar refractivity (Wildman–Crippen MR) is 85.2 cm³/mol. The van der Waals surface area contributed by atoms with Gasteiger partial charge in [-0.2, -0.15) is 0 Å². The third-order valence-electron chi connectivity index (χ3n) is 4.71. The summed E-state index contributed by atoms with van der Waals surface area (Å²) in [5.74, 6) is 0.115. The van der Waals surface area contributed by atoms with Crippen molar-refractivity contribution in [2.75, 3.05) is 31.9 Å². The van der Waals surface area contributed by atoms with Gasteiger partial charge in [0.05, 0.1) is 17.5 Å². The number of rotatable bonds is 5. The van der Waals surface area contributed by atoms with E-state index in [1.54, 1.807) is 12.1 Å². The van der Waals surface area contributed by atoms with E-state index >= 15 is 0 Å². The summed E-state index contributed by atoms with van der Waals surface area (Å²) >= 11 is 0. The van der Waals surface area contributed by atoms with Crippen LogP contribution in [0.25, 0.3) is 0 Å². The number of halogens is 1. The quantitative estimate of drug-likeness (QED) is 0.853. The van der Waals surface area contributed by atoms with Gasteiger partial charge < -0.3 is 5.32 Å². The van der Waals surface area contributed by atoms with E-state index in [1.807, 2.05) is 4.90 Å². The Morgan fingerprint density at radius 3 is 2.70 bits per heavy atom. The van der Waals surface area contributed by atoms with Crippen LogP contribution in [0.1, 0.15) is 12.0 Å². The monoisotopic (exact) mass is 340 g/mol. The molecule has 2 atom stereocenters. The minimum absolute atomic E-state index is 0.0931. The first-order valence-corrected chi connectivity index (χ1v) is 9.61. The van der Waals surface area contributed by atoms with Crippen LogP contribution in [0, 0.1) is 11.7 Å². The van der Waals surface area contributed by atoms with Crippen molar-refractivity contribution in [2.24, 2.45) is 5.92 Å². The van der Waals surface area contributed by atoms with Gasteiger partial charge in [0, 0.05) is 19.6 Å². The van der Waals surface area contributed by atoms with E-state index in [4.69, 9.17) is 0 Å². The zero-order valence-electron chi connectivity index (χ0n) is 12.9. The lowest BCUT2D eigenvalue weighted by Crippen LogP contribution is -2.38. The molecule has 1 N–H and O–H groups in total. The van der Waals surface area contributed by atoms with Gasteiger partial charge in [-0.25, -0.2) is 12.8 Å². The van der Waals surface area contributed by atoms with Gasteiger partial charge >= 0.3 is 0 Å². The average Bonchev–Trinajstić information content (AvgIpc) is 3.02. The first kappa shape index (κ1) is 16.4. The molecule has 126 valence electrons. The predicted octanol–water partition coefficient (Wildman–Crippen LogP) is 0.603. The van der Waals surface area contributed by atoms with Crippen molar-refractivity contribution in [1.82, 2.24) is 10.2 Å². The molecule has 1 aromatic carbocycles. The van der Waals surface area contributed by atoms with Crippen molar-refractivity contribution in [3.63, 3.8) is 0 Å². The summed E-state index contributed by atoms with van der Waals surface area (Å²) in [7, 11) is -2.95. The number of likely N-dealkylation sites (tertiary alicyclic amines) is 1. The van der Waals surface area contributed by atoms with E-state index in [1.165, 1.54) is 12.1 Å². The normalized spacial score (nSPS) is 26.1. The first-order chi connectivity index (χ1) is 10.9. The van der Waals surface area contributed by atoms with Crippen LogP contribution in [0.2, 0.25) is 0 Å². The minimum atomic E-state index is -2.95. The Morgan fingerprint density at radius 1 is 1.26 bits per heavy atom. The van der Waals surface area contributed by atoms with Crippen LogP contribution < -0.4 is 5.32 Å². The highest BCUT2D eigenvalue weighted by Crippen LogP contribution is 2.33. The van der Waals surface area contributed by atoms with Crippen LogP contribution >= 0.6 is 0 Å². The van der Waals surface area contributed by atoms with Gasteiger partial charge in [0.25, 0.3) is 0 Å². The molecule has 0 aromatic heterocycles. The number of nitrogens with zero attached hydrogens (tertiary/aromatic N) is 1. The van der Waals surface area contributed by atoms with E-state index in [0.717, 1.165) is 12.0 Å². The number of hydrogen-bond donors (Lipinski definition) is 1. The van der Waals surface area contributed by atoms with Crippen molar-refractivity contribution >= 4 is 15.7 Å². The topological polar surface area (TPSA) is 66.5 Å². The maximum atomic E-state index is 12.8. The highest BCUT2D eigenvalue weighted by molar-refractivity contribution is 7.92. The van der Waals surface area contributed by atoms with E-state index < -0.39 is 9.84 Å². The molecule has 0 saturated carbocycles. The zero-order chi connectivity index (χ0) is 16.4. The molecule has 2 heterocycles. The smallest absolute Gasteiger partial charge is 0.234 e. The molecule has 1 amide bonds. The maximum Gasteiger partial charge on any atom is 0.234 e. The number of amides is 1. The van der Waals surface area contributed by atoms with Crippen molar-refractivity contribution in [3.8, 4) is 0 Å². The molecule has 2 aliphatic heterocycles. The van der Waals surface area contributed by atoms with Gasteiger partial charge in [-0.15, -0.1) is 0 Å². The number of fused-ring (bicyclic) bond motifs is 1. The Kier molecular flexibility index (Phi) is 4.68. The van der Waals surface area contributed by atoms with E-state index in [-0.39, 0.29) is 29.4 Å². The van der Waals surface area contributed by atoms with Crippen LogP contribution in [0.4, 0.5) is 4.39 Å². The van der Waals surface area contributed by atoms with Crippen molar-refractivity contribution in [3.05, 3.63) is 35.6 Å². The fraction of sp³-hybridized carbons (Fsp3) is 0.562. The molecule has 2 aliphatic rings. The van der Waals surface area contributed by atoms with Crippen LogP contribution in [0.5, 0.6) is 0 Å². The fourth-order valence-corrected chi connectivity index (χ4v) is 5.64. The summed E-state index contributed by atoms with van der Waals surface area (Å²) in [6, 6.07) is 6.21. The SMILES string of the molecule is O=C(CN1C[C@@H]2CCS(=O)(=O)[C@@H]2C1)NCCc1ccc(F)cc1. The van der Waals surface area contributed by atoms with Crippen LogP contribution in [0.3, 0.4) is 0 Å². The third-order valence-corrected chi connectivity index (χ3v) is 6.97. The minimum Gasteiger partial charge on any atom is -0.355 e. The van der Waals surface area contributed by atoms with Crippen LogP contribution in [-0.4, -0.2) is 56.4 Å². The number of nitrogens with one attached hydrogen (secondary N) is 1. The molecular formula is C16H21FN2O3S. The Bertz CT molecular complexity index is 675. The molecule has 5 nitrogen and oxygen atoms in total. The summed E-state index contributed by atoms with van der Waals surface area (Å²) in [6.45, 7) is 1.89. The molecule has 23 heavy (non-hydrogen) atoms. The molecule has 0 aliphatic carbocycles. The largest absolute Gasteiger partial charge is 0.355 e. The van der Waals surface area contributed by atoms with Crippen molar-refractivity contribution < 1.29 is 17.6 Å². The van der Waals surface area contributed by atoms with Gasteiger partial charge in [-0.05, 0) is 36.5 Å². The zero-order valence-corrected chi connectivity index (χ0v) is 13.7. The Labute approximate surface area is 135 Å². The summed E-state index contributed by atoms with van der Waals surface area (Å²) in [6.07, 6.45) is 1.36. The molecule has 2 fully saturated rings. The second-order valence-electron chi connectivity index (χ2n) is 6.37. The van der Waals surface area contributed by atoms with E-state index in [9.17, 15) is 17.6 Å². The second kappa shape index (κ2) is 6.57. The number of carbonyl (C=O) groups excluding carboxylic acids is 1. The number of carbonyl (C=O) groups is 1. The summed E-state index contributed by atoms with van der Waals surface area (Å²) < 4.78 is 36.5. The Morgan fingerprint density at radius 2 is 2.00 bits per heavy atom. The van der Waals surface area contributed by atoms with E-state index in [0.29, 0.717) is 31.8 Å². The van der Waals surface area contributed by atoms with Gasteiger partial charge in [0.2, 0.25) is 5.91 Å². The number of benzene rings is 1. The standard InChI is InChI=1S/C16H21FN2O3S/c17-14-3-1-12(2-4-14)5-7-18-16(20)11-19-9-13-6-8-23(21,22)15(13)10-19/h1-4,13,15H,5-11H2,(H,18,20)/t13-,15+/m0/s1. The molecular weight excluding hydrogens is 319 g/mol. The molecule has 3 rings (SSSR count). The molecule has 0 spiro atoms. The summed E-state index contributed by atoms with van der Waals surface area (Å²) in [4.78, 5) is 13.9. The lowest BCUT2D eigenvalue weighted by molar-refractivity contribution is -0.122. The van der Waals surface area contributed by atoms with Gasteiger partial charge in [0.15, 0.2) is 9.84 Å². The molecule has 7 heteroatoms. The summed E-state index contributed by atoms with van der Waals surface area (Å²) in [5, 5.41) is 2.55. The average molecular weight is 340 g/mol. The lowest BCUT2D eigenvalue weighted by atomic mass is 10.1. The van der Waals surface area contributed by atoms with Gasteiger partial charge in [-0.1, -0.05) is 12.1 Å².